The van der Waals surface area contributed by atoms with Crippen LogP contribution in [0.5, 0.6) is 0 Å². The van der Waals surface area contributed by atoms with Gasteiger partial charge in [-0.05, 0) is 62.8 Å². The van der Waals surface area contributed by atoms with Gasteiger partial charge in [-0.1, -0.05) is 12.8 Å². The highest BCUT2D eigenvalue weighted by Gasteiger charge is 2.40. The third kappa shape index (κ3) is 2.98. The Balaban J connectivity index is 1.59. The van der Waals surface area contributed by atoms with Gasteiger partial charge in [-0.2, -0.15) is 0 Å². The minimum Gasteiger partial charge on any atom is -0.330 e. The van der Waals surface area contributed by atoms with Gasteiger partial charge in [-0.15, -0.1) is 0 Å². The third-order valence-electron chi connectivity index (χ3n) is 3.70. The molecule has 76 valence electrons. The van der Waals surface area contributed by atoms with E-state index in [-0.39, 0.29) is 0 Å². The van der Waals surface area contributed by atoms with Crippen molar-refractivity contribution in [1.29, 1.82) is 0 Å². The van der Waals surface area contributed by atoms with Gasteiger partial charge in [-0.25, -0.2) is 0 Å². The summed E-state index contributed by atoms with van der Waals surface area (Å²) in [5.41, 5.74) is 5.49. The third-order valence-corrected chi connectivity index (χ3v) is 3.70. The van der Waals surface area contributed by atoms with Crippen LogP contribution in [0.15, 0.2) is 0 Å². The summed E-state index contributed by atoms with van der Waals surface area (Å²) in [6.07, 6.45) is 11.7. The summed E-state index contributed by atoms with van der Waals surface area (Å²) in [5.74, 6) is 3.41. The van der Waals surface area contributed by atoms with E-state index in [0.29, 0.717) is 0 Å². The van der Waals surface area contributed by atoms with Gasteiger partial charge in [0.25, 0.3) is 0 Å². The maximum Gasteiger partial charge on any atom is -0.00773 e. The first-order valence-corrected chi connectivity index (χ1v) is 6.12. The van der Waals surface area contributed by atoms with E-state index in [1.165, 1.54) is 51.4 Å². The van der Waals surface area contributed by atoms with Crippen LogP contribution in [0.2, 0.25) is 0 Å². The first-order valence-electron chi connectivity index (χ1n) is 6.12. The van der Waals surface area contributed by atoms with E-state index in [9.17, 15) is 0 Å². The Labute approximate surface area is 82.1 Å². The van der Waals surface area contributed by atoms with Crippen LogP contribution in [-0.2, 0) is 0 Å². The number of unbranched alkanes of at least 4 members (excludes halogenated alkanes) is 2. The monoisotopic (exact) mass is 181 g/mol. The normalized spacial score (nSPS) is 22.6. The molecule has 2 fully saturated rings. The van der Waals surface area contributed by atoms with Crippen molar-refractivity contribution in [3.05, 3.63) is 0 Å². The number of rotatable bonds is 7. The van der Waals surface area contributed by atoms with Crippen LogP contribution in [0.4, 0.5) is 0 Å². The quantitative estimate of drug-likeness (QED) is 0.600. The summed E-state index contributed by atoms with van der Waals surface area (Å²) in [6, 6.07) is 0. The zero-order valence-corrected chi connectivity index (χ0v) is 8.67. The molecule has 0 aromatic carbocycles. The molecule has 13 heavy (non-hydrogen) atoms. The molecule has 2 aliphatic carbocycles. The van der Waals surface area contributed by atoms with Crippen molar-refractivity contribution in [3.63, 3.8) is 0 Å². The lowest BCUT2D eigenvalue weighted by Gasteiger charge is -2.14. The molecule has 1 heteroatoms. The van der Waals surface area contributed by atoms with Crippen LogP contribution in [-0.4, -0.2) is 6.54 Å². The fourth-order valence-corrected chi connectivity index (χ4v) is 2.61. The molecule has 0 heterocycles. The Hall–Kier alpha value is -0.0400. The van der Waals surface area contributed by atoms with Crippen molar-refractivity contribution >= 4 is 0 Å². The van der Waals surface area contributed by atoms with Gasteiger partial charge in [0.2, 0.25) is 0 Å². The predicted octanol–water partition coefficient (Wildman–Crippen LogP) is 2.94. The molecule has 2 rings (SSSR count). The van der Waals surface area contributed by atoms with Crippen molar-refractivity contribution in [2.75, 3.05) is 6.54 Å². The predicted molar refractivity (Wildman–Crippen MR) is 56.5 cm³/mol. The molecule has 0 bridgehead atoms. The van der Waals surface area contributed by atoms with Crippen molar-refractivity contribution in [2.24, 2.45) is 23.5 Å². The Morgan fingerprint density at radius 2 is 1.54 bits per heavy atom. The molecule has 0 atom stereocenters. The molecule has 0 unspecified atom stereocenters. The van der Waals surface area contributed by atoms with E-state index in [1.807, 2.05) is 0 Å². The van der Waals surface area contributed by atoms with Crippen LogP contribution in [0.3, 0.4) is 0 Å². The summed E-state index contributed by atoms with van der Waals surface area (Å²) < 4.78 is 0. The SMILES string of the molecule is NCCCCCC(C1CC1)C1CC1. The van der Waals surface area contributed by atoms with E-state index in [2.05, 4.69) is 0 Å². The molecular formula is C12H23N. The average Bonchev–Trinajstić information content (AvgIpc) is 2.99. The average molecular weight is 181 g/mol. The van der Waals surface area contributed by atoms with Crippen molar-refractivity contribution < 1.29 is 0 Å². The lowest BCUT2D eigenvalue weighted by Crippen LogP contribution is -2.06. The molecule has 0 spiro atoms. The smallest absolute Gasteiger partial charge is 0.00773 e. The van der Waals surface area contributed by atoms with Crippen LogP contribution in [0, 0.1) is 17.8 Å². The highest BCUT2D eigenvalue weighted by molar-refractivity contribution is 4.91. The minimum absolute atomic E-state index is 0.886. The molecule has 2 saturated carbocycles. The van der Waals surface area contributed by atoms with E-state index < -0.39 is 0 Å². The lowest BCUT2D eigenvalue weighted by atomic mass is 9.91. The Morgan fingerprint density at radius 3 is 2.00 bits per heavy atom. The summed E-state index contributed by atoms with van der Waals surface area (Å²) in [5, 5.41) is 0. The van der Waals surface area contributed by atoms with Gasteiger partial charge >= 0.3 is 0 Å². The maximum absolute atomic E-state index is 5.49. The highest BCUT2D eigenvalue weighted by atomic mass is 14.5. The molecule has 2 aliphatic rings. The second kappa shape index (κ2) is 4.45. The maximum atomic E-state index is 5.49. The van der Waals surface area contributed by atoms with Crippen LogP contribution in [0.25, 0.3) is 0 Å². The van der Waals surface area contributed by atoms with Gasteiger partial charge in [0.1, 0.15) is 0 Å². The van der Waals surface area contributed by atoms with Crippen molar-refractivity contribution in [3.8, 4) is 0 Å². The zero-order chi connectivity index (χ0) is 9.10. The fraction of sp³-hybridized carbons (Fsp3) is 1.00. The van der Waals surface area contributed by atoms with Gasteiger partial charge in [0, 0.05) is 0 Å². The molecule has 0 radical (unpaired) electrons. The van der Waals surface area contributed by atoms with Gasteiger partial charge < -0.3 is 5.73 Å². The van der Waals surface area contributed by atoms with E-state index in [0.717, 1.165) is 24.3 Å². The fourth-order valence-electron chi connectivity index (χ4n) is 2.61. The molecule has 2 N–H and O–H groups in total. The summed E-state index contributed by atoms with van der Waals surface area (Å²) in [6.45, 7) is 0.886. The molecule has 0 aromatic rings. The summed E-state index contributed by atoms with van der Waals surface area (Å²) in [7, 11) is 0. The van der Waals surface area contributed by atoms with E-state index >= 15 is 0 Å². The Morgan fingerprint density at radius 1 is 0.923 bits per heavy atom. The largest absolute Gasteiger partial charge is 0.330 e. The lowest BCUT2D eigenvalue weighted by molar-refractivity contribution is 0.361. The number of hydrogen-bond acceptors (Lipinski definition) is 1. The molecule has 0 amide bonds. The first kappa shape index (κ1) is 9.51. The molecule has 0 aliphatic heterocycles. The Kier molecular flexibility index (Phi) is 3.26. The Bertz CT molecular complexity index is 135. The van der Waals surface area contributed by atoms with Crippen molar-refractivity contribution in [2.45, 2.75) is 51.4 Å². The van der Waals surface area contributed by atoms with Gasteiger partial charge in [0.05, 0.1) is 0 Å². The second-order valence-electron chi connectivity index (χ2n) is 4.98. The standard InChI is InChI=1S/C12H23N/c13-9-3-1-2-4-12(10-5-6-10)11-7-8-11/h10-12H,1-9,13H2. The molecular weight excluding hydrogens is 158 g/mol. The first-order chi connectivity index (χ1) is 6.42. The summed E-state index contributed by atoms with van der Waals surface area (Å²) >= 11 is 0. The number of hydrogen-bond donors (Lipinski definition) is 1. The molecule has 1 nitrogen and oxygen atoms in total. The minimum atomic E-state index is 0.886. The second-order valence-corrected chi connectivity index (χ2v) is 4.98. The highest BCUT2D eigenvalue weighted by Crippen LogP contribution is 2.51. The van der Waals surface area contributed by atoms with Crippen molar-refractivity contribution in [1.82, 2.24) is 0 Å². The van der Waals surface area contributed by atoms with Gasteiger partial charge in [-0.3, -0.25) is 0 Å². The van der Waals surface area contributed by atoms with Crippen LogP contribution >= 0.6 is 0 Å². The zero-order valence-electron chi connectivity index (χ0n) is 8.67. The summed E-state index contributed by atoms with van der Waals surface area (Å²) in [4.78, 5) is 0. The van der Waals surface area contributed by atoms with E-state index in [4.69, 9.17) is 5.73 Å². The molecule has 0 saturated heterocycles. The topological polar surface area (TPSA) is 26.0 Å². The van der Waals surface area contributed by atoms with Crippen LogP contribution in [0.1, 0.15) is 51.4 Å². The van der Waals surface area contributed by atoms with E-state index in [1.54, 1.807) is 0 Å². The van der Waals surface area contributed by atoms with Crippen LogP contribution < -0.4 is 5.73 Å². The van der Waals surface area contributed by atoms with Gasteiger partial charge in [0.15, 0.2) is 0 Å². The number of nitrogens with two attached hydrogens (primary N) is 1. The molecule has 0 aromatic heterocycles.